The Balaban J connectivity index is 1.61. The van der Waals surface area contributed by atoms with Crippen LogP contribution in [0, 0.1) is 0 Å². The van der Waals surface area contributed by atoms with Gasteiger partial charge in [-0.2, -0.15) is 0 Å². The first-order chi connectivity index (χ1) is 13.5. The maximum atomic E-state index is 12.3. The lowest BCUT2D eigenvalue weighted by Crippen LogP contribution is -2.22. The number of ether oxygens (including phenoxy) is 1. The van der Waals surface area contributed by atoms with Gasteiger partial charge in [-0.1, -0.05) is 24.3 Å². The predicted molar refractivity (Wildman–Crippen MR) is 106 cm³/mol. The summed E-state index contributed by atoms with van der Waals surface area (Å²) >= 11 is 0. The molecule has 0 atom stereocenters. The highest BCUT2D eigenvalue weighted by atomic mass is 32.2. The number of hydrogen-bond donors (Lipinski definition) is 2. The molecule has 0 fully saturated rings. The van der Waals surface area contributed by atoms with E-state index in [1.807, 2.05) is 6.07 Å². The lowest BCUT2D eigenvalue weighted by molar-refractivity contribution is 0.0951. The van der Waals surface area contributed by atoms with Gasteiger partial charge in [-0.15, -0.1) is 0 Å². The molecule has 3 aromatic rings. The summed E-state index contributed by atoms with van der Waals surface area (Å²) in [5, 5.41) is 2.79. The van der Waals surface area contributed by atoms with Crippen molar-refractivity contribution in [2.75, 3.05) is 11.8 Å². The molecule has 0 aliphatic heterocycles. The number of aromatic nitrogens is 1. The van der Waals surface area contributed by atoms with Crippen LogP contribution in [0.4, 0.5) is 5.69 Å². The van der Waals surface area contributed by atoms with Crippen LogP contribution >= 0.6 is 0 Å². The monoisotopic (exact) mass is 397 g/mol. The first-order valence-corrected chi connectivity index (χ1v) is 9.91. The van der Waals surface area contributed by atoms with Crippen LogP contribution in [0.1, 0.15) is 15.9 Å². The summed E-state index contributed by atoms with van der Waals surface area (Å²) < 4.78 is 32.1. The van der Waals surface area contributed by atoms with Crippen molar-refractivity contribution >= 4 is 21.6 Å². The SMILES string of the molecule is COc1ccc(CNC(=O)c2ccc(NS(=O)(=O)c3ccccc3)cc2)cn1. The number of nitrogens with zero attached hydrogens (tertiary/aromatic N) is 1. The van der Waals surface area contributed by atoms with E-state index in [1.54, 1.807) is 54.7 Å². The van der Waals surface area contributed by atoms with Crippen molar-refractivity contribution in [3.8, 4) is 5.88 Å². The lowest BCUT2D eigenvalue weighted by Gasteiger charge is -2.09. The van der Waals surface area contributed by atoms with Crippen LogP contribution in [0.3, 0.4) is 0 Å². The highest BCUT2D eigenvalue weighted by Crippen LogP contribution is 2.16. The summed E-state index contributed by atoms with van der Waals surface area (Å²) in [5.74, 6) is 0.233. The minimum atomic E-state index is -3.67. The Morgan fingerprint density at radius 1 is 1.00 bits per heavy atom. The van der Waals surface area contributed by atoms with Crippen molar-refractivity contribution in [2.24, 2.45) is 0 Å². The van der Waals surface area contributed by atoms with Gasteiger partial charge < -0.3 is 10.1 Å². The van der Waals surface area contributed by atoms with E-state index in [9.17, 15) is 13.2 Å². The van der Waals surface area contributed by atoms with Gasteiger partial charge in [-0.05, 0) is 42.0 Å². The molecule has 144 valence electrons. The molecule has 0 saturated carbocycles. The number of sulfonamides is 1. The van der Waals surface area contributed by atoms with Gasteiger partial charge in [-0.25, -0.2) is 13.4 Å². The number of carbonyl (C=O) groups excluding carboxylic acids is 1. The lowest BCUT2D eigenvalue weighted by atomic mass is 10.2. The number of amides is 1. The maximum Gasteiger partial charge on any atom is 0.261 e. The van der Waals surface area contributed by atoms with E-state index >= 15 is 0 Å². The third-order valence-electron chi connectivity index (χ3n) is 3.91. The Kier molecular flexibility index (Phi) is 5.90. The second kappa shape index (κ2) is 8.53. The number of anilines is 1. The smallest absolute Gasteiger partial charge is 0.261 e. The van der Waals surface area contributed by atoms with E-state index in [-0.39, 0.29) is 10.8 Å². The van der Waals surface area contributed by atoms with Crippen molar-refractivity contribution in [3.63, 3.8) is 0 Å². The topological polar surface area (TPSA) is 97.4 Å². The number of nitrogens with one attached hydrogen (secondary N) is 2. The minimum Gasteiger partial charge on any atom is -0.481 e. The number of hydrogen-bond acceptors (Lipinski definition) is 5. The molecule has 1 aromatic heterocycles. The van der Waals surface area contributed by atoms with Gasteiger partial charge in [0, 0.05) is 30.1 Å². The molecule has 0 spiro atoms. The van der Waals surface area contributed by atoms with Crippen LogP contribution in [0.25, 0.3) is 0 Å². The zero-order valence-corrected chi connectivity index (χ0v) is 15.9. The standard InChI is InChI=1S/C20H19N3O4S/c1-27-19-12-7-15(13-21-19)14-22-20(24)16-8-10-17(11-9-16)23-28(25,26)18-5-3-2-4-6-18/h2-13,23H,14H2,1H3,(H,22,24). The van der Waals surface area contributed by atoms with E-state index in [2.05, 4.69) is 15.0 Å². The van der Waals surface area contributed by atoms with Crippen molar-refractivity contribution < 1.29 is 17.9 Å². The van der Waals surface area contributed by atoms with Gasteiger partial charge in [0.2, 0.25) is 5.88 Å². The van der Waals surface area contributed by atoms with Crippen molar-refractivity contribution in [1.29, 1.82) is 0 Å². The summed E-state index contributed by atoms with van der Waals surface area (Å²) in [5.41, 5.74) is 1.63. The molecule has 0 aliphatic rings. The molecular weight excluding hydrogens is 378 g/mol. The van der Waals surface area contributed by atoms with E-state index < -0.39 is 10.0 Å². The molecule has 1 heterocycles. The van der Waals surface area contributed by atoms with Gasteiger partial charge in [0.1, 0.15) is 0 Å². The third-order valence-corrected chi connectivity index (χ3v) is 5.31. The molecule has 0 unspecified atom stereocenters. The van der Waals surface area contributed by atoms with Crippen LogP contribution in [0.2, 0.25) is 0 Å². The van der Waals surface area contributed by atoms with Crippen molar-refractivity contribution in [1.82, 2.24) is 10.3 Å². The molecule has 0 saturated heterocycles. The Morgan fingerprint density at radius 3 is 2.32 bits per heavy atom. The number of pyridine rings is 1. The first-order valence-electron chi connectivity index (χ1n) is 8.43. The number of methoxy groups -OCH3 is 1. The zero-order chi connectivity index (χ0) is 20.0. The molecule has 0 bridgehead atoms. The van der Waals surface area contributed by atoms with Gasteiger partial charge in [-0.3, -0.25) is 9.52 Å². The molecule has 28 heavy (non-hydrogen) atoms. The van der Waals surface area contributed by atoms with E-state index in [4.69, 9.17) is 4.74 Å². The molecule has 7 nitrogen and oxygen atoms in total. The second-order valence-corrected chi connectivity index (χ2v) is 7.57. The summed E-state index contributed by atoms with van der Waals surface area (Å²) in [6, 6.07) is 17.8. The van der Waals surface area contributed by atoms with Gasteiger partial charge in [0.05, 0.1) is 12.0 Å². The van der Waals surface area contributed by atoms with Crippen LogP contribution < -0.4 is 14.8 Å². The van der Waals surface area contributed by atoms with Crippen LogP contribution in [0.5, 0.6) is 5.88 Å². The zero-order valence-electron chi connectivity index (χ0n) is 15.1. The van der Waals surface area contributed by atoms with E-state index in [0.29, 0.717) is 23.7 Å². The molecular formula is C20H19N3O4S. The van der Waals surface area contributed by atoms with Gasteiger partial charge in [0.15, 0.2) is 0 Å². The number of rotatable bonds is 7. The third kappa shape index (κ3) is 4.86. The fraction of sp³-hybridized carbons (Fsp3) is 0.100. The Labute approximate surface area is 163 Å². The molecule has 1 amide bonds. The summed E-state index contributed by atoms with van der Waals surface area (Å²) in [6.07, 6.45) is 1.63. The molecule has 8 heteroatoms. The fourth-order valence-electron chi connectivity index (χ4n) is 2.42. The molecule has 0 radical (unpaired) electrons. The second-order valence-electron chi connectivity index (χ2n) is 5.89. The van der Waals surface area contributed by atoms with E-state index in [0.717, 1.165) is 5.56 Å². The minimum absolute atomic E-state index is 0.171. The average Bonchev–Trinajstić information content (AvgIpc) is 2.73. The van der Waals surface area contributed by atoms with E-state index in [1.165, 1.54) is 19.2 Å². The molecule has 2 aromatic carbocycles. The quantitative estimate of drug-likeness (QED) is 0.639. The fourth-order valence-corrected chi connectivity index (χ4v) is 3.50. The van der Waals surface area contributed by atoms with Crippen LogP contribution in [-0.2, 0) is 16.6 Å². The summed E-state index contributed by atoms with van der Waals surface area (Å²) in [6.45, 7) is 0.318. The Hall–Kier alpha value is -3.39. The summed E-state index contributed by atoms with van der Waals surface area (Å²) in [4.78, 5) is 16.5. The Bertz CT molecular complexity index is 1040. The predicted octanol–water partition coefficient (Wildman–Crippen LogP) is 2.82. The highest BCUT2D eigenvalue weighted by molar-refractivity contribution is 7.92. The molecule has 2 N–H and O–H groups in total. The van der Waals surface area contributed by atoms with Gasteiger partial charge in [0.25, 0.3) is 15.9 Å². The average molecular weight is 397 g/mol. The number of carbonyl (C=O) groups is 1. The first kappa shape index (κ1) is 19.4. The number of benzene rings is 2. The highest BCUT2D eigenvalue weighted by Gasteiger charge is 2.14. The summed E-state index contributed by atoms with van der Waals surface area (Å²) in [7, 11) is -2.13. The van der Waals surface area contributed by atoms with Crippen LogP contribution in [0.15, 0.2) is 77.8 Å². The molecule has 0 aliphatic carbocycles. The molecule has 3 rings (SSSR count). The van der Waals surface area contributed by atoms with Gasteiger partial charge >= 0.3 is 0 Å². The maximum absolute atomic E-state index is 12.3. The Morgan fingerprint density at radius 2 is 1.71 bits per heavy atom. The van der Waals surface area contributed by atoms with Crippen molar-refractivity contribution in [3.05, 3.63) is 84.1 Å². The largest absolute Gasteiger partial charge is 0.481 e. The van der Waals surface area contributed by atoms with Crippen molar-refractivity contribution in [2.45, 2.75) is 11.4 Å². The van der Waals surface area contributed by atoms with Crippen LogP contribution in [-0.4, -0.2) is 26.4 Å². The normalized spacial score (nSPS) is 10.9.